The molecule has 142 valence electrons. The van der Waals surface area contributed by atoms with Crippen LogP contribution in [0.3, 0.4) is 0 Å². The second-order valence-electron chi connectivity index (χ2n) is 7.48. The molecule has 0 radical (unpaired) electrons. The van der Waals surface area contributed by atoms with Crippen molar-refractivity contribution in [3.8, 4) is 5.75 Å². The Kier molecular flexibility index (Phi) is 6.66. The third-order valence-corrected chi connectivity index (χ3v) is 3.94. The van der Waals surface area contributed by atoms with E-state index in [2.05, 4.69) is 47.9 Å². The van der Waals surface area contributed by atoms with Gasteiger partial charge in [0.05, 0.1) is 12.8 Å². The first-order chi connectivity index (χ1) is 12.3. The minimum absolute atomic E-state index is 0.511. The van der Waals surface area contributed by atoms with Gasteiger partial charge in [0.15, 0.2) is 11.6 Å². The van der Waals surface area contributed by atoms with Gasteiger partial charge in [0, 0.05) is 13.1 Å². The van der Waals surface area contributed by atoms with E-state index in [1.54, 1.807) is 13.4 Å². The van der Waals surface area contributed by atoms with Gasteiger partial charge < -0.3 is 20.7 Å². The zero-order valence-corrected chi connectivity index (χ0v) is 16.7. The molecule has 26 heavy (non-hydrogen) atoms. The predicted octanol–water partition coefficient (Wildman–Crippen LogP) is 4.24. The van der Waals surface area contributed by atoms with E-state index in [9.17, 15) is 0 Å². The highest BCUT2D eigenvalue weighted by atomic mass is 16.5. The van der Waals surface area contributed by atoms with E-state index in [1.807, 2.05) is 25.1 Å². The van der Waals surface area contributed by atoms with Crippen LogP contribution >= 0.6 is 0 Å². The molecule has 2 aromatic rings. The van der Waals surface area contributed by atoms with Crippen LogP contribution in [0.25, 0.3) is 0 Å². The van der Waals surface area contributed by atoms with Gasteiger partial charge in [-0.3, -0.25) is 0 Å². The fraction of sp³-hybridized carbons (Fsp3) is 0.500. The summed E-state index contributed by atoms with van der Waals surface area (Å²) in [6.45, 7) is 12.6. The van der Waals surface area contributed by atoms with Gasteiger partial charge in [0.25, 0.3) is 0 Å². The lowest BCUT2D eigenvalue weighted by molar-refractivity contribution is 0.416. The van der Waals surface area contributed by atoms with Crippen molar-refractivity contribution in [2.45, 2.75) is 34.6 Å². The number of methoxy groups -OCH3 is 1. The minimum atomic E-state index is 0.511. The standard InChI is InChI=1S/C20H31N5O/c1-13(2)10-25(11-14(3)4)20-18(21)19(22-12-23-20)24-16-9-15(5)7-8-17(16)26-6/h7-9,12-14H,10-11,21H2,1-6H3,(H,22,23,24). The van der Waals surface area contributed by atoms with Crippen molar-refractivity contribution in [3.05, 3.63) is 30.1 Å². The Hall–Kier alpha value is -2.50. The molecule has 0 atom stereocenters. The number of rotatable bonds is 8. The Bertz CT molecular complexity index is 720. The second kappa shape index (κ2) is 8.74. The van der Waals surface area contributed by atoms with Crippen molar-refractivity contribution in [3.63, 3.8) is 0 Å². The fourth-order valence-corrected chi connectivity index (χ4v) is 2.91. The van der Waals surface area contributed by atoms with Gasteiger partial charge in [-0.2, -0.15) is 0 Å². The summed E-state index contributed by atoms with van der Waals surface area (Å²) < 4.78 is 5.44. The third kappa shape index (κ3) is 5.00. The largest absolute Gasteiger partial charge is 0.495 e. The van der Waals surface area contributed by atoms with Crippen molar-refractivity contribution in [2.24, 2.45) is 11.8 Å². The average molecular weight is 358 g/mol. The molecule has 0 bridgehead atoms. The molecule has 6 nitrogen and oxygen atoms in total. The van der Waals surface area contributed by atoms with Crippen molar-refractivity contribution < 1.29 is 4.74 Å². The van der Waals surface area contributed by atoms with E-state index in [4.69, 9.17) is 10.5 Å². The number of nitrogens with two attached hydrogens (primary N) is 1. The van der Waals surface area contributed by atoms with E-state index in [0.29, 0.717) is 23.3 Å². The lowest BCUT2D eigenvalue weighted by Crippen LogP contribution is -2.32. The van der Waals surface area contributed by atoms with Gasteiger partial charge in [0.1, 0.15) is 17.8 Å². The maximum atomic E-state index is 6.44. The van der Waals surface area contributed by atoms with Crippen LogP contribution in [-0.4, -0.2) is 30.2 Å². The molecule has 6 heteroatoms. The molecule has 0 saturated carbocycles. The maximum absolute atomic E-state index is 6.44. The SMILES string of the molecule is COc1ccc(C)cc1Nc1ncnc(N(CC(C)C)CC(C)C)c1N. The molecular weight excluding hydrogens is 326 g/mol. The van der Waals surface area contributed by atoms with E-state index >= 15 is 0 Å². The number of ether oxygens (including phenoxy) is 1. The van der Waals surface area contributed by atoms with Crippen molar-refractivity contribution in [2.75, 3.05) is 36.1 Å². The van der Waals surface area contributed by atoms with Gasteiger partial charge in [-0.15, -0.1) is 0 Å². The Morgan fingerprint density at radius 3 is 2.35 bits per heavy atom. The van der Waals surface area contributed by atoms with Gasteiger partial charge in [-0.05, 0) is 36.5 Å². The van der Waals surface area contributed by atoms with Crippen LogP contribution in [-0.2, 0) is 0 Å². The molecule has 0 aliphatic heterocycles. The summed E-state index contributed by atoms with van der Waals surface area (Å²) in [5.41, 5.74) is 8.96. The summed E-state index contributed by atoms with van der Waals surface area (Å²) >= 11 is 0. The smallest absolute Gasteiger partial charge is 0.159 e. The summed E-state index contributed by atoms with van der Waals surface area (Å²) in [7, 11) is 1.65. The second-order valence-corrected chi connectivity index (χ2v) is 7.48. The monoisotopic (exact) mass is 357 g/mol. The Morgan fingerprint density at radius 1 is 1.12 bits per heavy atom. The van der Waals surface area contributed by atoms with Crippen LogP contribution in [0.4, 0.5) is 23.0 Å². The molecule has 3 N–H and O–H groups in total. The van der Waals surface area contributed by atoms with E-state index < -0.39 is 0 Å². The van der Waals surface area contributed by atoms with Crippen LogP contribution in [0.5, 0.6) is 5.75 Å². The van der Waals surface area contributed by atoms with Crippen molar-refractivity contribution >= 4 is 23.0 Å². The van der Waals surface area contributed by atoms with Crippen LogP contribution < -0.4 is 20.7 Å². The summed E-state index contributed by atoms with van der Waals surface area (Å²) in [6, 6.07) is 5.95. The summed E-state index contributed by atoms with van der Waals surface area (Å²) in [6.07, 6.45) is 1.56. The number of hydrogen-bond acceptors (Lipinski definition) is 6. The Labute approximate surface area is 156 Å². The highest BCUT2D eigenvalue weighted by Gasteiger charge is 2.18. The number of anilines is 4. The molecule has 0 saturated heterocycles. The zero-order valence-electron chi connectivity index (χ0n) is 16.7. The molecule has 1 aromatic heterocycles. The van der Waals surface area contributed by atoms with Gasteiger partial charge in [-0.25, -0.2) is 9.97 Å². The number of nitrogen functional groups attached to an aromatic ring is 1. The lowest BCUT2D eigenvalue weighted by atomic mass is 10.1. The van der Waals surface area contributed by atoms with Crippen LogP contribution in [0.1, 0.15) is 33.3 Å². The third-order valence-electron chi connectivity index (χ3n) is 3.94. The molecule has 0 aliphatic carbocycles. The quantitative estimate of drug-likeness (QED) is 0.736. The molecule has 0 fully saturated rings. The van der Waals surface area contributed by atoms with Crippen molar-refractivity contribution in [1.29, 1.82) is 0 Å². The highest BCUT2D eigenvalue weighted by molar-refractivity contribution is 5.79. The number of aromatic nitrogens is 2. The van der Waals surface area contributed by atoms with Crippen molar-refractivity contribution in [1.82, 2.24) is 9.97 Å². The molecule has 1 aromatic carbocycles. The van der Waals surface area contributed by atoms with Gasteiger partial charge >= 0.3 is 0 Å². The molecule has 2 rings (SSSR count). The van der Waals surface area contributed by atoms with E-state index in [0.717, 1.165) is 35.9 Å². The number of benzene rings is 1. The molecule has 0 aliphatic rings. The first-order valence-electron chi connectivity index (χ1n) is 9.08. The molecule has 0 unspecified atom stereocenters. The Balaban J connectivity index is 2.37. The van der Waals surface area contributed by atoms with E-state index in [-0.39, 0.29) is 0 Å². The summed E-state index contributed by atoms with van der Waals surface area (Å²) in [4.78, 5) is 11.1. The summed E-state index contributed by atoms with van der Waals surface area (Å²) in [5, 5.41) is 3.31. The number of hydrogen-bond donors (Lipinski definition) is 2. The number of nitrogens with zero attached hydrogens (tertiary/aromatic N) is 3. The summed E-state index contributed by atoms with van der Waals surface area (Å²) in [5.74, 6) is 3.14. The fourth-order valence-electron chi connectivity index (χ4n) is 2.91. The first-order valence-corrected chi connectivity index (χ1v) is 9.08. The van der Waals surface area contributed by atoms with Gasteiger partial charge in [-0.1, -0.05) is 33.8 Å². The van der Waals surface area contributed by atoms with Gasteiger partial charge in [0.2, 0.25) is 0 Å². The normalized spacial score (nSPS) is 11.1. The average Bonchev–Trinajstić information content (AvgIpc) is 2.55. The van der Waals surface area contributed by atoms with Crippen LogP contribution in [0.15, 0.2) is 24.5 Å². The van der Waals surface area contributed by atoms with Crippen LogP contribution in [0.2, 0.25) is 0 Å². The molecule has 0 amide bonds. The Morgan fingerprint density at radius 2 is 1.77 bits per heavy atom. The predicted molar refractivity (Wildman–Crippen MR) is 109 cm³/mol. The maximum Gasteiger partial charge on any atom is 0.159 e. The lowest BCUT2D eigenvalue weighted by Gasteiger charge is -2.28. The zero-order chi connectivity index (χ0) is 19.3. The number of aryl methyl sites for hydroxylation is 1. The first kappa shape index (κ1) is 19.8. The highest BCUT2D eigenvalue weighted by Crippen LogP contribution is 2.33. The molecule has 1 heterocycles. The molecular formula is C20H31N5O. The number of nitrogens with one attached hydrogen (secondary N) is 1. The topological polar surface area (TPSA) is 76.3 Å². The minimum Gasteiger partial charge on any atom is -0.495 e. The molecule has 0 spiro atoms. The van der Waals surface area contributed by atoms with Crippen LogP contribution in [0, 0.1) is 18.8 Å². The van der Waals surface area contributed by atoms with E-state index in [1.165, 1.54) is 0 Å².